The molecule has 0 saturated carbocycles. The molecule has 1 amide bonds. The number of amides is 1. The first-order valence-electron chi connectivity index (χ1n) is 6.49. The lowest BCUT2D eigenvalue weighted by Crippen LogP contribution is -2.20. The highest BCUT2D eigenvalue weighted by atomic mass is 79.9. The van der Waals surface area contributed by atoms with Gasteiger partial charge in [-0.1, -0.05) is 39.7 Å². The lowest BCUT2D eigenvalue weighted by molar-refractivity contribution is -0.117. The molecule has 0 radical (unpaired) electrons. The molecule has 0 spiro atoms. The Bertz CT molecular complexity index is 712. The standard InChI is InChI=1S/C16H13BrClNO2/c1-19-14-3-2-9(4-10(14)7-15(19)20)16(21)11-5-12(17)8-13(18)6-11/h2-6,8,16,21H,7H2,1H3. The predicted molar refractivity (Wildman–Crippen MR) is 86.8 cm³/mol. The average molecular weight is 367 g/mol. The minimum absolute atomic E-state index is 0.0714. The quantitative estimate of drug-likeness (QED) is 0.880. The Hall–Kier alpha value is -1.36. The zero-order valence-electron chi connectivity index (χ0n) is 11.3. The number of nitrogens with zero attached hydrogens (tertiary/aromatic N) is 1. The maximum absolute atomic E-state index is 11.7. The van der Waals surface area contributed by atoms with Gasteiger partial charge in [0.05, 0.1) is 6.42 Å². The topological polar surface area (TPSA) is 40.5 Å². The zero-order chi connectivity index (χ0) is 15.1. The SMILES string of the molecule is CN1C(=O)Cc2cc(C(O)c3cc(Cl)cc(Br)c3)ccc21. The van der Waals surface area contributed by atoms with Gasteiger partial charge in [0.15, 0.2) is 0 Å². The summed E-state index contributed by atoms with van der Waals surface area (Å²) in [5, 5.41) is 11.1. The predicted octanol–water partition coefficient (Wildman–Crippen LogP) is 3.70. The molecule has 0 bridgehead atoms. The minimum Gasteiger partial charge on any atom is -0.384 e. The second-order valence-corrected chi connectivity index (χ2v) is 6.48. The van der Waals surface area contributed by atoms with Crippen molar-refractivity contribution in [2.75, 3.05) is 11.9 Å². The lowest BCUT2D eigenvalue weighted by Gasteiger charge is -2.15. The molecule has 1 aliphatic heterocycles. The number of anilines is 1. The van der Waals surface area contributed by atoms with Crippen molar-refractivity contribution >= 4 is 39.1 Å². The van der Waals surface area contributed by atoms with Gasteiger partial charge in [-0.05, 0) is 41.0 Å². The van der Waals surface area contributed by atoms with Crippen molar-refractivity contribution in [1.82, 2.24) is 0 Å². The van der Waals surface area contributed by atoms with E-state index in [0.717, 1.165) is 21.3 Å². The van der Waals surface area contributed by atoms with E-state index in [1.807, 2.05) is 24.3 Å². The van der Waals surface area contributed by atoms with Crippen molar-refractivity contribution in [2.24, 2.45) is 0 Å². The first kappa shape index (κ1) is 14.6. The summed E-state index contributed by atoms with van der Waals surface area (Å²) in [5.41, 5.74) is 3.32. The molecule has 0 saturated heterocycles. The number of carbonyl (C=O) groups excluding carboxylic acids is 1. The van der Waals surface area contributed by atoms with Crippen molar-refractivity contribution in [2.45, 2.75) is 12.5 Å². The Morgan fingerprint density at radius 2 is 2.00 bits per heavy atom. The highest BCUT2D eigenvalue weighted by Gasteiger charge is 2.25. The van der Waals surface area contributed by atoms with Gasteiger partial charge >= 0.3 is 0 Å². The molecule has 0 fully saturated rings. The number of rotatable bonds is 2. The van der Waals surface area contributed by atoms with Crippen LogP contribution in [-0.2, 0) is 11.2 Å². The minimum atomic E-state index is -0.772. The van der Waals surface area contributed by atoms with E-state index in [-0.39, 0.29) is 5.91 Å². The summed E-state index contributed by atoms with van der Waals surface area (Å²) in [7, 11) is 1.76. The third kappa shape index (κ3) is 2.71. The van der Waals surface area contributed by atoms with Crippen molar-refractivity contribution in [3.63, 3.8) is 0 Å². The molecular formula is C16H13BrClNO2. The number of likely N-dealkylation sites (N-methyl/N-ethyl adjacent to an activating group) is 1. The van der Waals surface area contributed by atoms with Gasteiger partial charge in [-0.2, -0.15) is 0 Å². The van der Waals surface area contributed by atoms with Crippen molar-refractivity contribution in [1.29, 1.82) is 0 Å². The normalized spacial score (nSPS) is 15.2. The molecule has 0 aromatic heterocycles. The van der Waals surface area contributed by atoms with Crippen molar-refractivity contribution in [3.8, 4) is 0 Å². The van der Waals surface area contributed by atoms with Crippen molar-refractivity contribution < 1.29 is 9.90 Å². The van der Waals surface area contributed by atoms with Crippen LogP contribution in [0.25, 0.3) is 0 Å². The Balaban J connectivity index is 1.98. The molecule has 5 heteroatoms. The average Bonchev–Trinajstić information content (AvgIpc) is 2.71. The zero-order valence-corrected chi connectivity index (χ0v) is 13.6. The second kappa shape index (κ2) is 5.44. The molecule has 0 aliphatic carbocycles. The van der Waals surface area contributed by atoms with Crippen LogP contribution in [0.15, 0.2) is 40.9 Å². The van der Waals surface area contributed by atoms with Crippen LogP contribution in [0, 0.1) is 0 Å². The number of aliphatic hydroxyl groups is 1. The molecular weight excluding hydrogens is 354 g/mol. The Morgan fingerprint density at radius 3 is 2.71 bits per heavy atom. The molecule has 21 heavy (non-hydrogen) atoms. The number of aliphatic hydroxyl groups excluding tert-OH is 1. The third-order valence-corrected chi connectivity index (χ3v) is 4.37. The molecule has 3 rings (SSSR count). The highest BCUT2D eigenvalue weighted by molar-refractivity contribution is 9.10. The van der Waals surface area contributed by atoms with Crippen LogP contribution in [0.5, 0.6) is 0 Å². The third-order valence-electron chi connectivity index (χ3n) is 3.70. The summed E-state index contributed by atoms with van der Waals surface area (Å²) in [4.78, 5) is 13.4. The Morgan fingerprint density at radius 1 is 1.24 bits per heavy atom. The number of fused-ring (bicyclic) bond motifs is 1. The van der Waals surface area contributed by atoms with Gasteiger partial charge in [0.25, 0.3) is 0 Å². The van der Waals surface area contributed by atoms with Crippen LogP contribution in [0.3, 0.4) is 0 Å². The van der Waals surface area contributed by atoms with Gasteiger partial charge in [-0.15, -0.1) is 0 Å². The number of hydrogen-bond acceptors (Lipinski definition) is 2. The number of benzene rings is 2. The van der Waals surface area contributed by atoms with Crippen LogP contribution in [0.1, 0.15) is 22.8 Å². The monoisotopic (exact) mass is 365 g/mol. The van der Waals surface area contributed by atoms with E-state index in [0.29, 0.717) is 17.0 Å². The number of hydrogen-bond donors (Lipinski definition) is 1. The molecule has 108 valence electrons. The molecule has 1 atom stereocenters. The van der Waals surface area contributed by atoms with Gasteiger partial charge in [-0.25, -0.2) is 0 Å². The number of halogens is 2. The second-order valence-electron chi connectivity index (χ2n) is 5.12. The molecule has 1 heterocycles. The van der Waals surface area contributed by atoms with Crippen LogP contribution in [-0.4, -0.2) is 18.1 Å². The largest absolute Gasteiger partial charge is 0.384 e. The van der Waals surface area contributed by atoms with Crippen LogP contribution >= 0.6 is 27.5 Å². The number of carbonyl (C=O) groups is 1. The van der Waals surface area contributed by atoms with Gasteiger partial charge in [0, 0.05) is 22.2 Å². The molecule has 3 nitrogen and oxygen atoms in total. The van der Waals surface area contributed by atoms with Gasteiger partial charge < -0.3 is 10.0 Å². The summed E-state index contributed by atoms with van der Waals surface area (Å²) < 4.78 is 0.820. The first-order valence-corrected chi connectivity index (χ1v) is 7.66. The molecule has 1 aliphatic rings. The Labute approximate surface area is 136 Å². The van der Waals surface area contributed by atoms with Crippen LogP contribution in [0.4, 0.5) is 5.69 Å². The van der Waals surface area contributed by atoms with Crippen LogP contribution in [0.2, 0.25) is 5.02 Å². The van der Waals surface area contributed by atoms with E-state index in [1.165, 1.54) is 0 Å². The van der Waals surface area contributed by atoms with Gasteiger partial charge in [-0.3, -0.25) is 4.79 Å². The van der Waals surface area contributed by atoms with E-state index in [2.05, 4.69) is 15.9 Å². The summed E-state index contributed by atoms with van der Waals surface area (Å²) in [6.07, 6.45) is -0.391. The highest BCUT2D eigenvalue weighted by Crippen LogP contribution is 2.33. The van der Waals surface area contributed by atoms with Gasteiger partial charge in [0.1, 0.15) is 6.10 Å². The smallest absolute Gasteiger partial charge is 0.231 e. The lowest BCUT2D eigenvalue weighted by atomic mass is 9.99. The summed E-state index contributed by atoms with van der Waals surface area (Å²) >= 11 is 9.39. The van der Waals surface area contributed by atoms with E-state index in [9.17, 15) is 9.90 Å². The molecule has 1 unspecified atom stereocenters. The summed E-state index contributed by atoms with van der Waals surface area (Å²) in [6, 6.07) is 10.9. The maximum atomic E-state index is 11.7. The first-order chi connectivity index (χ1) is 9.95. The van der Waals surface area contributed by atoms with E-state index >= 15 is 0 Å². The fourth-order valence-electron chi connectivity index (χ4n) is 2.59. The molecule has 1 N–H and O–H groups in total. The Kier molecular flexibility index (Phi) is 3.78. The van der Waals surface area contributed by atoms with Crippen molar-refractivity contribution in [3.05, 3.63) is 62.6 Å². The van der Waals surface area contributed by atoms with Gasteiger partial charge in [0.2, 0.25) is 5.91 Å². The van der Waals surface area contributed by atoms with E-state index in [4.69, 9.17) is 11.6 Å². The summed E-state index contributed by atoms with van der Waals surface area (Å²) in [6.45, 7) is 0. The van der Waals surface area contributed by atoms with E-state index in [1.54, 1.807) is 24.1 Å². The van der Waals surface area contributed by atoms with E-state index < -0.39 is 6.10 Å². The molecule has 2 aromatic carbocycles. The summed E-state index contributed by atoms with van der Waals surface area (Å²) in [5.74, 6) is 0.0714. The fourth-order valence-corrected chi connectivity index (χ4v) is 3.47. The van der Waals surface area contributed by atoms with Crippen LogP contribution < -0.4 is 4.90 Å². The molecule has 2 aromatic rings. The fraction of sp³-hybridized carbons (Fsp3) is 0.188. The maximum Gasteiger partial charge on any atom is 0.231 e.